The van der Waals surface area contributed by atoms with Gasteiger partial charge >= 0.3 is 0 Å². The Morgan fingerprint density at radius 3 is 2.90 bits per heavy atom. The molecule has 2 aromatic rings. The van der Waals surface area contributed by atoms with Gasteiger partial charge in [-0.15, -0.1) is 11.3 Å². The van der Waals surface area contributed by atoms with Crippen molar-refractivity contribution in [1.82, 2.24) is 14.9 Å². The molecule has 2 atom stereocenters. The van der Waals surface area contributed by atoms with Crippen molar-refractivity contribution in [3.05, 3.63) is 17.8 Å². The van der Waals surface area contributed by atoms with Crippen molar-refractivity contribution in [2.24, 2.45) is 0 Å². The molecule has 6 heteroatoms. The third kappa shape index (κ3) is 2.85. The van der Waals surface area contributed by atoms with Crippen LogP contribution < -0.4 is 4.74 Å². The molecule has 1 aliphatic rings. The van der Waals surface area contributed by atoms with E-state index in [0.29, 0.717) is 5.88 Å². The van der Waals surface area contributed by atoms with Crippen LogP contribution in [0, 0.1) is 0 Å². The van der Waals surface area contributed by atoms with Crippen LogP contribution in [-0.4, -0.2) is 39.5 Å². The molecule has 0 N–H and O–H groups in total. The quantitative estimate of drug-likeness (QED) is 0.875. The van der Waals surface area contributed by atoms with Gasteiger partial charge in [-0.2, -0.15) is 0 Å². The minimum atomic E-state index is 0.0383. The maximum absolute atomic E-state index is 12.4. The first-order valence-electron chi connectivity index (χ1n) is 7.29. The number of hydrogen-bond donors (Lipinski definition) is 0. The molecule has 1 aliphatic heterocycles. The Morgan fingerprint density at radius 1 is 1.38 bits per heavy atom. The highest BCUT2D eigenvalue weighted by Gasteiger charge is 2.29. The van der Waals surface area contributed by atoms with Crippen molar-refractivity contribution in [2.45, 2.75) is 45.2 Å². The molecule has 0 radical (unpaired) electrons. The smallest absolute Gasteiger partial charge is 0.261 e. The normalized spacial score (nSPS) is 22.5. The first-order valence-corrected chi connectivity index (χ1v) is 8.17. The van der Waals surface area contributed by atoms with Gasteiger partial charge in [0.25, 0.3) is 5.91 Å². The second kappa shape index (κ2) is 5.97. The van der Waals surface area contributed by atoms with Crippen molar-refractivity contribution in [1.29, 1.82) is 0 Å². The molecule has 0 saturated carbocycles. The summed E-state index contributed by atoms with van der Waals surface area (Å²) in [7, 11) is 0. The van der Waals surface area contributed by atoms with Gasteiger partial charge in [0, 0.05) is 12.1 Å². The predicted octanol–water partition coefficient (Wildman–Crippen LogP) is 2.86. The highest BCUT2D eigenvalue weighted by molar-refractivity contribution is 7.16. The van der Waals surface area contributed by atoms with Crippen molar-refractivity contribution in [3.63, 3.8) is 0 Å². The Kier molecular flexibility index (Phi) is 4.05. The van der Waals surface area contributed by atoms with Gasteiger partial charge in [0.05, 0.1) is 5.39 Å². The second-order valence-corrected chi connectivity index (χ2v) is 6.43. The van der Waals surface area contributed by atoms with Gasteiger partial charge in [0.15, 0.2) is 6.61 Å². The first kappa shape index (κ1) is 14.3. The van der Waals surface area contributed by atoms with E-state index in [4.69, 9.17) is 4.74 Å². The maximum Gasteiger partial charge on any atom is 0.261 e. The van der Waals surface area contributed by atoms with E-state index in [-0.39, 0.29) is 24.6 Å². The van der Waals surface area contributed by atoms with E-state index >= 15 is 0 Å². The summed E-state index contributed by atoms with van der Waals surface area (Å²) in [6.45, 7) is 4.25. The third-order valence-electron chi connectivity index (χ3n) is 4.04. The molecule has 0 unspecified atom stereocenters. The molecule has 0 bridgehead atoms. The number of carbonyl (C=O) groups is 1. The fourth-order valence-electron chi connectivity index (χ4n) is 3.00. The lowest BCUT2D eigenvalue weighted by Gasteiger charge is -2.38. The van der Waals surface area contributed by atoms with Crippen LogP contribution in [-0.2, 0) is 4.79 Å². The van der Waals surface area contributed by atoms with Crippen LogP contribution in [0.15, 0.2) is 17.8 Å². The van der Waals surface area contributed by atoms with E-state index in [1.807, 2.05) is 16.3 Å². The molecular weight excluding hydrogens is 286 g/mol. The third-order valence-corrected chi connectivity index (χ3v) is 4.86. The minimum absolute atomic E-state index is 0.0383. The molecule has 1 saturated heterocycles. The second-order valence-electron chi connectivity index (χ2n) is 5.54. The van der Waals surface area contributed by atoms with E-state index in [1.165, 1.54) is 24.1 Å². The van der Waals surface area contributed by atoms with Gasteiger partial charge in [0.1, 0.15) is 11.2 Å². The van der Waals surface area contributed by atoms with Crippen LogP contribution in [0.5, 0.6) is 5.88 Å². The van der Waals surface area contributed by atoms with E-state index in [0.717, 1.165) is 23.1 Å². The van der Waals surface area contributed by atoms with Crippen LogP contribution >= 0.6 is 11.3 Å². The van der Waals surface area contributed by atoms with Crippen LogP contribution in [0.3, 0.4) is 0 Å². The number of aromatic nitrogens is 2. The van der Waals surface area contributed by atoms with Crippen molar-refractivity contribution in [2.75, 3.05) is 6.61 Å². The average Bonchev–Trinajstić information content (AvgIpc) is 2.93. The highest BCUT2D eigenvalue weighted by atomic mass is 32.1. The van der Waals surface area contributed by atoms with Gasteiger partial charge in [0.2, 0.25) is 5.88 Å². The zero-order valence-corrected chi connectivity index (χ0v) is 13.1. The molecule has 112 valence electrons. The van der Waals surface area contributed by atoms with E-state index in [1.54, 1.807) is 0 Å². The summed E-state index contributed by atoms with van der Waals surface area (Å²) in [5, 5.41) is 2.82. The lowest BCUT2D eigenvalue weighted by molar-refractivity contribution is -0.139. The molecule has 1 amide bonds. The number of nitrogens with zero attached hydrogens (tertiary/aromatic N) is 3. The van der Waals surface area contributed by atoms with Gasteiger partial charge < -0.3 is 9.64 Å². The number of amides is 1. The Bertz CT molecular complexity index is 633. The highest BCUT2D eigenvalue weighted by Crippen LogP contribution is 2.26. The summed E-state index contributed by atoms with van der Waals surface area (Å²) < 4.78 is 5.65. The van der Waals surface area contributed by atoms with Crippen molar-refractivity contribution in [3.8, 4) is 5.88 Å². The van der Waals surface area contributed by atoms with E-state index in [2.05, 4.69) is 23.8 Å². The maximum atomic E-state index is 12.4. The van der Waals surface area contributed by atoms with Crippen LogP contribution in [0.1, 0.15) is 33.1 Å². The molecule has 21 heavy (non-hydrogen) atoms. The van der Waals surface area contributed by atoms with Crippen LogP contribution in [0.25, 0.3) is 10.2 Å². The number of hydrogen-bond acceptors (Lipinski definition) is 5. The predicted molar refractivity (Wildman–Crippen MR) is 82.5 cm³/mol. The molecule has 1 fully saturated rings. The van der Waals surface area contributed by atoms with E-state index in [9.17, 15) is 4.79 Å². The fourth-order valence-corrected chi connectivity index (χ4v) is 3.72. The lowest BCUT2D eigenvalue weighted by atomic mass is 9.97. The molecule has 5 nitrogen and oxygen atoms in total. The topological polar surface area (TPSA) is 55.3 Å². The Balaban J connectivity index is 1.69. The lowest BCUT2D eigenvalue weighted by Crippen LogP contribution is -2.49. The summed E-state index contributed by atoms with van der Waals surface area (Å²) in [6, 6.07) is 2.50. The Labute approximate surface area is 128 Å². The fraction of sp³-hybridized carbons (Fsp3) is 0.533. The number of fused-ring (bicyclic) bond motifs is 1. The van der Waals surface area contributed by atoms with Gasteiger partial charge in [-0.05, 0) is 44.6 Å². The zero-order chi connectivity index (χ0) is 14.8. The number of thiophene rings is 1. The van der Waals surface area contributed by atoms with Gasteiger partial charge in [-0.1, -0.05) is 0 Å². The Hall–Kier alpha value is -1.69. The van der Waals surface area contributed by atoms with Crippen molar-refractivity contribution < 1.29 is 9.53 Å². The number of likely N-dealkylation sites (tertiary alicyclic amines) is 1. The molecular formula is C15H19N3O2S. The SMILES string of the molecule is C[C@@H]1CCC[C@@H](C)N1C(=O)COc1ncnc2sccc12. The Morgan fingerprint density at radius 2 is 2.14 bits per heavy atom. The largest absolute Gasteiger partial charge is 0.467 e. The van der Waals surface area contributed by atoms with E-state index < -0.39 is 0 Å². The first-order chi connectivity index (χ1) is 10.2. The number of rotatable bonds is 3. The number of piperidine rings is 1. The summed E-state index contributed by atoms with van der Waals surface area (Å²) >= 11 is 1.54. The van der Waals surface area contributed by atoms with Crippen molar-refractivity contribution >= 4 is 27.5 Å². The molecule has 2 aromatic heterocycles. The molecule has 3 rings (SSSR count). The van der Waals surface area contributed by atoms with Gasteiger partial charge in [-0.25, -0.2) is 9.97 Å². The average molecular weight is 305 g/mol. The summed E-state index contributed by atoms with van der Waals surface area (Å²) in [5.41, 5.74) is 0. The molecule has 0 spiro atoms. The molecule has 0 aliphatic carbocycles. The van der Waals surface area contributed by atoms with Crippen LogP contribution in [0.2, 0.25) is 0 Å². The number of carbonyl (C=O) groups excluding carboxylic acids is 1. The monoisotopic (exact) mass is 305 g/mol. The zero-order valence-electron chi connectivity index (χ0n) is 12.3. The molecule has 3 heterocycles. The standard InChI is InChI=1S/C15H19N3O2S/c1-10-4-3-5-11(2)18(10)13(19)8-20-14-12-6-7-21-15(12)17-9-16-14/h6-7,9-11H,3-5,8H2,1-2H3/t10-,11-/m1/s1. The summed E-state index contributed by atoms with van der Waals surface area (Å²) in [6.07, 6.45) is 4.80. The number of ether oxygens (including phenoxy) is 1. The minimum Gasteiger partial charge on any atom is -0.467 e. The summed E-state index contributed by atoms with van der Waals surface area (Å²) in [4.78, 5) is 23.6. The van der Waals surface area contributed by atoms with Crippen LogP contribution in [0.4, 0.5) is 0 Å². The summed E-state index contributed by atoms with van der Waals surface area (Å²) in [5.74, 6) is 0.531. The van der Waals surface area contributed by atoms with Gasteiger partial charge in [-0.3, -0.25) is 4.79 Å². The molecule has 0 aromatic carbocycles.